The van der Waals surface area contributed by atoms with E-state index in [4.69, 9.17) is 47.3 Å². The van der Waals surface area contributed by atoms with Crippen LogP contribution in [0.1, 0.15) is 41.8 Å². The fourth-order valence-electron chi connectivity index (χ4n) is 3.82. The highest BCUT2D eigenvalue weighted by atomic mass is 35.5. The Hall–Kier alpha value is -2.85. The van der Waals surface area contributed by atoms with Gasteiger partial charge in [-0.15, -0.1) is 0 Å². The maximum atomic E-state index is 13.7. The van der Waals surface area contributed by atoms with Crippen molar-refractivity contribution in [3.8, 4) is 11.5 Å². The number of nitrogens with one attached hydrogen (secondary N) is 1. The zero-order valence-electron chi connectivity index (χ0n) is 21.8. The molecule has 0 fully saturated rings. The van der Waals surface area contributed by atoms with Crippen LogP contribution in [0.15, 0.2) is 36.4 Å². The van der Waals surface area contributed by atoms with Crippen LogP contribution in [0.5, 0.6) is 11.5 Å². The van der Waals surface area contributed by atoms with E-state index < -0.39 is 5.97 Å². The predicted octanol–water partition coefficient (Wildman–Crippen LogP) is 6.20. The highest BCUT2D eigenvalue weighted by molar-refractivity contribution is 6.37. The number of carboxylic acid groups (broad SMARTS) is 1. The molecule has 2 aromatic carbocycles. The summed E-state index contributed by atoms with van der Waals surface area (Å²) < 4.78 is 36.2. The van der Waals surface area contributed by atoms with E-state index in [2.05, 4.69) is 10.2 Å². The number of benzene rings is 2. The van der Waals surface area contributed by atoms with Gasteiger partial charge in [0.2, 0.25) is 0 Å². The second-order valence-corrected chi connectivity index (χ2v) is 9.61. The number of H-pyrrole nitrogens is 1. The molecule has 0 aliphatic heterocycles. The molecule has 212 valence electrons. The Morgan fingerprint density at radius 1 is 0.974 bits per heavy atom. The molecular weight excluding hydrogens is 550 g/mol. The first kappa shape index (κ1) is 30.7. The molecule has 3 aromatic rings. The van der Waals surface area contributed by atoms with Crippen LogP contribution >= 0.6 is 23.2 Å². The molecule has 0 amide bonds. The number of nitrogens with zero attached hydrogens (tertiary/aromatic N) is 1. The van der Waals surface area contributed by atoms with Gasteiger partial charge >= 0.3 is 5.97 Å². The van der Waals surface area contributed by atoms with Crippen molar-refractivity contribution < 1.29 is 33.2 Å². The maximum Gasteiger partial charge on any atom is 0.303 e. The third kappa shape index (κ3) is 10.3. The molecule has 0 unspecified atom stereocenters. The predicted molar refractivity (Wildman–Crippen MR) is 147 cm³/mol. The van der Waals surface area contributed by atoms with Gasteiger partial charge in [-0.2, -0.15) is 5.10 Å². The van der Waals surface area contributed by atoms with E-state index in [0.717, 1.165) is 35.4 Å². The van der Waals surface area contributed by atoms with E-state index in [0.29, 0.717) is 68.3 Å². The topological polar surface area (TPSA) is 103 Å². The van der Waals surface area contributed by atoms with Crippen LogP contribution in [-0.2, 0) is 33.7 Å². The summed E-state index contributed by atoms with van der Waals surface area (Å²) >= 11 is 12.5. The third-order valence-corrected chi connectivity index (χ3v) is 6.37. The monoisotopic (exact) mass is 582 g/mol. The zero-order valence-corrected chi connectivity index (χ0v) is 23.3. The average Bonchev–Trinajstić information content (AvgIpc) is 3.25. The molecule has 0 aliphatic carbocycles. The first-order valence-electron chi connectivity index (χ1n) is 12.7. The number of hydrogen-bond acceptors (Lipinski definition) is 6. The summed E-state index contributed by atoms with van der Waals surface area (Å²) in [5.41, 5.74) is 3.65. The van der Waals surface area contributed by atoms with E-state index in [1.165, 1.54) is 6.07 Å². The molecule has 0 spiro atoms. The minimum Gasteiger partial charge on any atom is -0.491 e. The number of aromatic nitrogens is 2. The lowest BCUT2D eigenvalue weighted by molar-refractivity contribution is -0.136. The Balaban J connectivity index is 1.27. The lowest BCUT2D eigenvalue weighted by Gasteiger charge is -2.12. The van der Waals surface area contributed by atoms with Gasteiger partial charge in [0.25, 0.3) is 0 Å². The summed E-state index contributed by atoms with van der Waals surface area (Å²) in [6.45, 7) is 4.42. The molecule has 0 atom stereocenters. The number of rotatable bonds is 18. The summed E-state index contributed by atoms with van der Waals surface area (Å²) in [4.78, 5) is 10.7. The quantitative estimate of drug-likeness (QED) is 0.172. The SMILES string of the molecule is Cc1n[nH]c(COCCOCCCOc2c(Cl)cc(CCC(=O)O)cc2Cl)c1CCCOc1ccccc1F. The molecule has 1 heterocycles. The smallest absolute Gasteiger partial charge is 0.303 e. The molecule has 1 aromatic heterocycles. The fraction of sp³-hybridized carbons (Fsp3) is 0.429. The van der Waals surface area contributed by atoms with Crippen molar-refractivity contribution in [3.63, 3.8) is 0 Å². The fourth-order valence-corrected chi connectivity index (χ4v) is 4.47. The summed E-state index contributed by atoms with van der Waals surface area (Å²) in [5.74, 6) is -0.608. The summed E-state index contributed by atoms with van der Waals surface area (Å²) in [7, 11) is 0. The first-order chi connectivity index (χ1) is 18.8. The van der Waals surface area contributed by atoms with Crippen LogP contribution in [-0.4, -0.2) is 54.3 Å². The molecule has 0 saturated carbocycles. The van der Waals surface area contributed by atoms with Gasteiger partial charge in [0.15, 0.2) is 17.3 Å². The van der Waals surface area contributed by atoms with Gasteiger partial charge in [-0.1, -0.05) is 35.3 Å². The van der Waals surface area contributed by atoms with Crippen LogP contribution in [0.4, 0.5) is 4.39 Å². The Morgan fingerprint density at radius 3 is 2.44 bits per heavy atom. The molecule has 39 heavy (non-hydrogen) atoms. The number of aryl methyl sites for hydroxylation is 2. The zero-order chi connectivity index (χ0) is 28.0. The van der Waals surface area contributed by atoms with Gasteiger partial charge in [-0.25, -0.2) is 4.39 Å². The van der Waals surface area contributed by atoms with Crippen molar-refractivity contribution in [2.75, 3.05) is 33.0 Å². The molecule has 0 aliphatic rings. The van der Waals surface area contributed by atoms with Crippen LogP contribution in [0.3, 0.4) is 0 Å². The van der Waals surface area contributed by atoms with E-state index in [1.807, 2.05) is 6.92 Å². The molecule has 3 rings (SSSR count). The van der Waals surface area contributed by atoms with E-state index in [-0.39, 0.29) is 18.0 Å². The molecule has 0 radical (unpaired) electrons. The van der Waals surface area contributed by atoms with Crippen molar-refractivity contribution in [1.82, 2.24) is 10.2 Å². The lowest BCUT2D eigenvalue weighted by Crippen LogP contribution is -2.09. The van der Waals surface area contributed by atoms with Gasteiger partial charge in [-0.3, -0.25) is 9.89 Å². The van der Waals surface area contributed by atoms with E-state index in [1.54, 1.807) is 30.3 Å². The first-order valence-corrected chi connectivity index (χ1v) is 13.5. The standard InChI is InChI=1S/C28H33Cl2FN2O6/c1-19-21(6-4-12-38-26-8-3-2-7-24(26)31)25(33-32-19)18-37-15-14-36-11-5-13-39-28-22(29)16-20(17-23(28)30)9-10-27(34)35/h2-3,7-8,16-17H,4-6,9-15,18H2,1H3,(H,32,33)(H,34,35). The summed E-state index contributed by atoms with van der Waals surface area (Å²) in [5, 5.41) is 16.8. The van der Waals surface area contributed by atoms with E-state index in [9.17, 15) is 9.18 Å². The van der Waals surface area contributed by atoms with Crippen LogP contribution < -0.4 is 9.47 Å². The number of hydrogen-bond donors (Lipinski definition) is 2. The molecule has 0 bridgehead atoms. The van der Waals surface area contributed by atoms with Crippen molar-refractivity contribution in [2.45, 2.75) is 45.6 Å². The maximum absolute atomic E-state index is 13.7. The Kier molecular flexibility index (Phi) is 12.8. The summed E-state index contributed by atoms with van der Waals surface area (Å²) in [6.07, 6.45) is 2.44. The molecule has 8 nitrogen and oxygen atoms in total. The van der Waals surface area contributed by atoms with Crippen LogP contribution in [0, 0.1) is 12.7 Å². The third-order valence-electron chi connectivity index (χ3n) is 5.81. The van der Waals surface area contributed by atoms with Crippen molar-refractivity contribution in [1.29, 1.82) is 0 Å². The van der Waals surface area contributed by atoms with Crippen molar-refractivity contribution in [3.05, 3.63) is 74.8 Å². The molecular formula is C28H33Cl2FN2O6. The van der Waals surface area contributed by atoms with Gasteiger partial charge in [0.1, 0.15) is 0 Å². The number of halogens is 3. The van der Waals surface area contributed by atoms with Crippen LogP contribution in [0.25, 0.3) is 0 Å². The number of aliphatic carboxylic acids is 1. The Morgan fingerprint density at radius 2 is 1.69 bits per heavy atom. The number of carboxylic acids is 1. The van der Waals surface area contributed by atoms with Crippen LogP contribution in [0.2, 0.25) is 10.0 Å². The van der Waals surface area contributed by atoms with Gasteiger partial charge in [0.05, 0.1) is 54.5 Å². The Bertz CT molecular complexity index is 1180. The number of para-hydroxylation sites is 1. The number of aromatic amines is 1. The summed E-state index contributed by atoms with van der Waals surface area (Å²) in [6, 6.07) is 9.71. The normalized spacial score (nSPS) is 11.1. The molecule has 2 N–H and O–H groups in total. The molecule has 0 saturated heterocycles. The number of ether oxygens (including phenoxy) is 4. The largest absolute Gasteiger partial charge is 0.491 e. The van der Waals surface area contributed by atoms with Crippen molar-refractivity contribution in [2.24, 2.45) is 0 Å². The average molecular weight is 583 g/mol. The minimum absolute atomic E-state index is 0.00445. The highest BCUT2D eigenvalue weighted by Gasteiger charge is 2.12. The van der Waals surface area contributed by atoms with Gasteiger partial charge in [0, 0.05) is 19.4 Å². The lowest BCUT2D eigenvalue weighted by atomic mass is 10.1. The number of carbonyl (C=O) groups is 1. The van der Waals surface area contributed by atoms with Crippen molar-refractivity contribution >= 4 is 29.2 Å². The second kappa shape index (κ2) is 16.3. The Labute approximate surface area is 237 Å². The van der Waals surface area contributed by atoms with Gasteiger partial charge in [-0.05, 0) is 61.6 Å². The second-order valence-electron chi connectivity index (χ2n) is 8.80. The molecule has 11 heteroatoms. The highest BCUT2D eigenvalue weighted by Crippen LogP contribution is 2.34. The minimum atomic E-state index is -0.880. The van der Waals surface area contributed by atoms with Gasteiger partial charge < -0.3 is 24.1 Å². The van der Waals surface area contributed by atoms with E-state index >= 15 is 0 Å².